The molecule has 2 nitrogen and oxygen atoms in total. The maximum absolute atomic E-state index is 5.69. The monoisotopic (exact) mass is 313 g/mol. The molecule has 118 valence electrons. The summed E-state index contributed by atoms with van der Waals surface area (Å²) in [6.07, 6.45) is 8.20. The molecule has 0 bridgehead atoms. The van der Waals surface area contributed by atoms with Gasteiger partial charge in [0, 0.05) is 11.8 Å². The van der Waals surface area contributed by atoms with Crippen molar-refractivity contribution in [2.75, 3.05) is 6.61 Å². The molecule has 0 fully saturated rings. The van der Waals surface area contributed by atoms with E-state index in [1.54, 1.807) is 0 Å². The number of benzene rings is 3. The average Bonchev–Trinajstić information content (AvgIpc) is 2.65. The molecule has 0 heterocycles. The lowest BCUT2D eigenvalue weighted by molar-refractivity contribution is 0.370. The molecule has 24 heavy (non-hydrogen) atoms. The number of aryl methyl sites for hydroxylation is 1. The minimum atomic E-state index is 0.240. The predicted octanol–water partition coefficient (Wildman–Crippen LogP) is 5.16. The molecular weight excluding hydrogens is 294 g/mol. The van der Waals surface area contributed by atoms with Crippen LogP contribution in [0.2, 0.25) is 0 Å². The molecule has 0 aliphatic heterocycles. The Bertz CT molecular complexity index is 901. The van der Waals surface area contributed by atoms with Crippen LogP contribution < -0.4 is 4.74 Å². The number of ether oxygens (including phenoxy) is 1. The summed E-state index contributed by atoms with van der Waals surface area (Å²) in [5, 5.41) is 2.24. The normalized spacial score (nSPS) is 10.8. The van der Waals surface area contributed by atoms with Crippen molar-refractivity contribution in [2.24, 2.45) is 4.99 Å². The molecule has 0 N–H and O–H groups in total. The number of aliphatic imine (C=N–C) groups is 1. The largest absolute Gasteiger partial charge is 0.480 e. The van der Waals surface area contributed by atoms with Gasteiger partial charge in [0.25, 0.3) is 0 Å². The van der Waals surface area contributed by atoms with Gasteiger partial charge in [0.05, 0.1) is 5.69 Å². The molecule has 3 aromatic carbocycles. The maximum Gasteiger partial charge on any atom is 0.148 e. The first-order chi connectivity index (χ1) is 11.8. The molecule has 0 aliphatic rings. The summed E-state index contributed by atoms with van der Waals surface area (Å²) >= 11 is 0. The number of terminal acetylenes is 1. The van der Waals surface area contributed by atoms with Crippen molar-refractivity contribution in [1.82, 2.24) is 0 Å². The standard InChI is InChI=1S/C22H19NO/c1-3-15-24-22-14-11-18-7-5-6-8-20(18)21(22)16-23-19-12-9-17(4-2)10-13-19/h1,5-14,16H,4,15H2,2H3. The topological polar surface area (TPSA) is 21.6 Å². The highest BCUT2D eigenvalue weighted by atomic mass is 16.5. The Morgan fingerprint density at radius 3 is 2.58 bits per heavy atom. The van der Waals surface area contributed by atoms with Crippen LogP contribution in [0.3, 0.4) is 0 Å². The van der Waals surface area contributed by atoms with E-state index in [9.17, 15) is 0 Å². The van der Waals surface area contributed by atoms with Gasteiger partial charge in [-0.2, -0.15) is 0 Å². The fraction of sp³-hybridized carbons (Fsp3) is 0.136. The van der Waals surface area contributed by atoms with Gasteiger partial charge < -0.3 is 4.74 Å². The predicted molar refractivity (Wildman–Crippen MR) is 101 cm³/mol. The van der Waals surface area contributed by atoms with E-state index in [1.165, 1.54) is 5.56 Å². The van der Waals surface area contributed by atoms with Crippen LogP contribution in [0.4, 0.5) is 5.69 Å². The lowest BCUT2D eigenvalue weighted by atomic mass is 10.0. The fourth-order valence-corrected chi connectivity index (χ4v) is 2.61. The average molecular weight is 313 g/mol. The molecule has 0 saturated carbocycles. The van der Waals surface area contributed by atoms with E-state index in [0.717, 1.165) is 34.2 Å². The van der Waals surface area contributed by atoms with E-state index in [1.807, 2.05) is 42.6 Å². The minimum absolute atomic E-state index is 0.240. The number of hydrogen-bond acceptors (Lipinski definition) is 2. The Hall–Kier alpha value is -3.05. The number of rotatable bonds is 5. The van der Waals surface area contributed by atoms with Crippen LogP contribution in [0.15, 0.2) is 65.7 Å². The summed E-state index contributed by atoms with van der Waals surface area (Å²) in [5.41, 5.74) is 3.17. The van der Waals surface area contributed by atoms with Crippen LogP contribution in [0.25, 0.3) is 10.8 Å². The Kier molecular flexibility index (Phi) is 4.93. The van der Waals surface area contributed by atoms with Gasteiger partial charge in [-0.15, -0.1) is 6.42 Å². The maximum atomic E-state index is 5.69. The number of hydrogen-bond donors (Lipinski definition) is 0. The Balaban J connectivity index is 2.01. The van der Waals surface area contributed by atoms with Crippen molar-refractivity contribution < 1.29 is 4.74 Å². The number of fused-ring (bicyclic) bond motifs is 1. The summed E-state index contributed by atoms with van der Waals surface area (Å²) in [6, 6.07) is 20.4. The molecule has 2 heteroatoms. The number of nitrogens with zero attached hydrogens (tertiary/aromatic N) is 1. The van der Waals surface area contributed by atoms with E-state index in [0.29, 0.717) is 0 Å². The van der Waals surface area contributed by atoms with Crippen LogP contribution in [-0.4, -0.2) is 12.8 Å². The summed E-state index contributed by atoms with van der Waals surface area (Å²) < 4.78 is 5.69. The van der Waals surface area contributed by atoms with Gasteiger partial charge in [-0.25, -0.2) is 0 Å². The molecule has 0 amide bonds. The van der Waals surface area contributed by atoms with Crippen LogP contribution in [-0.2, 0) is 6.42 Å². The van der Waals surface area contributed by atoms with Crippen molar-refractivity contribution in [3.05, 3.63) is 71.8 Å². The third kappa shape index (κ3) is 3.47. The quantitative estimate of drug-likeness (QED) is 0.470. The second-order valence-electron chi connectivity index (χ2n) is 5.47. The SMILES string of the molecule is C#CCOc1ccc2ccccc2c1C=Nc1ccc(CC)cc1. The van der Waals surface area contributed by atoms with Gasteiger partial charge >= 0.3 is 0 Å². The van der Waals surface area contributed by atoms with E-state index in [-0.39, 0.29) is 6.61 Å². The Morgan fingerprint density at radius 1 is 1.04 bits per heavy atom. The van der Waals surface area contributed by atoms with Crippen LogP contribution in [0, 0.1) is 12.3 Å². The molecule has 0 saturated heterocycles. The van der Waals surface area contributed by atoms with E-state index in [4.69, 9.17) is 11.2 Å². The van der Waals surface area contributed by atoms with Crippen molar-refractivity contribution >= 4 is 22.7 Å². The second-order valence-corrected chi connectivity index (χ2v) is 5.47. The molecule has 0 unspecified atom stereocenters. The minimum Gasteiger partial charge on any atom is -0.480 e. The molecule has 0 aromatic heterocycles. The lowest BCUT2D eigenvalue weighted by Crippen LogP contribution is -1.98. The molecule has 3 aromatic rings. The first-order valence-electron chi connectivity index (χ1n) is 8.03. The van der Waals surface area contributed by atoms with Crippen molar-refractivity contribution in [3.63, 3.8) is 0 Å². The molecule has 0 spiro atoms. The molecular formula is C22H19NO. The van der Waals surface area contributed by atoms with Crippen LogP contribution in [0.5, 0.6) is 5.75 Å². The Morgan fingerprint density at radius 2 is 1.83 bits per heavy atom. The zero-order valence-corrected chi connectivity index (χ0v) is 13.7. The zero-order chi connectivity index (χ0) is 16.8. The van der Waals surface area contributed by atoms with Crippen LogP contribution >= 0.6 is 0 Å². The van der Waals surface area contributed by atoms with Gasteiger partial charge in [0.2, 0.25) is 0 Å². The summed E-state index contributed by atoms with van der Waals surface area (Å²) in [5.74, 6) is 3.26. The first-order valence-corrected chi connectivity index (χ1v) is 8.03. The summed E-state index contributed by atoms with van der Waals surface area (Å²) in [6.45, 7) is 2.38. The highest BCUT2D eigenvalue weighted by Crippen LogP contribution is 2.27. The summed E-state index contributed by atoms with van der Waals surface area (Å²) in [4.78, 5) is 4.61. The van der Waals surface area contributed by atoms with Crippen molar-refractivity contribution in [2.45, 2.75) is 13.3 Å². The summed E-state index contributed by atoms with van der Waals surface area (Å²) in [7, 11) is 0. The van der Waals surface area contributed by atoms with Gasteiger partial charge in [0.1, 0.15) is 12.4 Å². The van der Waals surface area contributed by atoms with E-state index in [2.05, 4.69) is 42.1 Å². The van der Waals surface area contributed by atoms with Gasteiger partial charge in [-0.3, -0.25) is 4.99 Å². The van der Waals surface area contributed by atoms with E-state index < -0.39 is 0 Å². The highest BCUT2D eigenvalue weighted by molar-refractivity contribution is 6.03. The molecule has 3 rings (SSSR count). The van der Waals surface area contributed by atoms with Crippen molar-refractivity contribution in [1.29, 1.82) is 0 Å². The lowest BCUT2D eigenvalue weighted by Gasteiger charge is -2.09. The molecule has 0 aliphatic carbocycles. The third-order valence-corrected chi connectivity index (χ3v) is 3.93. The Labute approximate surface area is 142 Å². The highest BCUT2D eigenvalue weighted by Gasteiger charge is 2.06. The van der Waals surface area contributed by atoms with Crippen molar-refractivity contribution in [3.8, 4) is 18.1 Å². The van der Waals surface area contributed by atoms with Gasteiger partial charge in [-0.1, -0.05) is 55.3 Å². The zero-order valence-electron chi connectivity index (χ0n) is 13.7. The fourth-order valence-electron chi connectivity index (χ4n) is 2.61. The molecule has 0 atom stereocenters. The second kappa shape index (κ2) is 7.48. The first kappa shape index (κ1) is 15.8. The van der Waals surface area contributed by atoms with Gasteiger partial charge in [0.15, 0.2) is 0 Å². The van der Waals surface area contributed by atoms with Crippen LogP contribution in [0.1, 0.15) is 18.1 Å². The third-order valence-electron chi connectivity index (χ3n) is 3.93. The van der Waals surface area contributed by atoms with Gasteiger partial charge in [-0.05, 0) is 41.0 Å². The smallest absolute Gasteiger partial charge is 0.148 e. The van der Waals surface area contributed by atoms with E-state index >= 15 is 0 Å². The molecule has 0 radical (unpaired) electrons.